The van der Waals surface area contributed by atoms with Crippen LogP contribution in [0.15, 0.2) is 41.0 Å². The van der Waals surface area contributed by atoms with E-state index < -0.39 is 0 Å². The van der Waals surface area contributed by atoms with Gasteiger partial charge in [-0.2, -0.15) is 0 Å². The fraction of sp³-hybridized carbons (Fsp3) is 0.0769. The number of nitrogens with zero attached hydrogens (tertiary/aromatic N) is 1. The summed E-state index contributed by atoms with van der Waals surface area (Å²) in [6.45, 7) is 0.179. The number of pyridine rings is 1. The number of amides is 1. The molecule has 0 atom stereocenters. The molecule has 1 amide bonds. The lowest BCUT2D eigenvalue weighted by atomic mass is 10.1. The maximum absolute atomic E-state index is 11.9. The third-order valence-corrected chi connectivity index (χ3v) is 3.16. The van der Waals surface area contributed by atoms with Crippen molar-refractivity contribution in [1.82, 2.24) is 10.3 Å². The van der Waals surface area contributed by atoms with E-state index in [-0.39, 0.29) is 18.2 Å². The molecule has 0 radical (unpaired) electrons. The summed E-state index contributed by atoms with van der Waals surface area (Å²) in [5.41, 5.74) is 7.01. The topological polar surface area (TPSA) is 88.2 Å². The number of halogens is 1. The van der Waals surface area contributed by atoms with E-state index in [0.29, 0.717) is 21.4 Å². The van der Waals surface area contributed by atoms with Crippen LogP contribution in [-0.4, -0.2) is 16.0 Å². The van der Waals surface area contributed by atoms with E-state index in [1.54, 1.807) is 24.3 Å². The molecular weight excluding hydrogens is 310 g/mol. The van der Waals surface area contributed by atoms with Crippen molar-refractivity contribution in [3.8, 4) is 5.75 Å². The quantitative estimate of drug-likeness (QED) is 0.596. The highest BCUT2D eigenvalue weighted by Crippen LogP contribution is 2.20. The van der Waals surface area contributed by atoms with Gasteiger partial charge in [0.15, 0.2) is 0 Å². The summed E-state index contributed by atoms with van der Waals surface area (Å²) in [5.74, 6) is -0.233. The molecule has 4 N–H and O–H groups in total. The number of rotatable bonds is 3. The Balaban J connectivity index is 2.09. The van der Waals surface area contributed by atoms with Gasteiger partial charge in [0, 0.05) is 28.5 Å². The Morgan fingerprint density at radius 1 is 1.42 bits per heavy atom. The highest BCUT2D eigenvalue weighted by Gasteiger charge is 2.11. The summed E-state index contributed by atoms with van der Waals surface area (Å²) in [4.78, 5) is 15.9. The lowest BCUT2D eigenvalue weighted by molar-refractivity contribution is 0.0945. The second-order valence-corrected chi connectivity index (χ2v) is 4.76. The largest absolute Gasteiger partial charge is 0.508 e. The Morgan fingerprint density at radius 2 is 2.21 bits per heavy atom. The van der Waals surface area contributed by atoms with Crippen LogP contribution >= 0.6 is 15.9 Å². The predicted molar refractivity (Wildman–Crippen MR) is 75.6 cm³/mol. The molecule has 2 aromatic rings. The van der Waals surface area contributed by atoms with Gasteiger partial charge in [-0.25, -0.2) is 4.98 Å². The molecule has 1 aromatic heterocycles. The van der Waals surface area contributed by atoms with E-state index in [9.17, 15) is 9.90 Å². The Bertz CT molecular complexity index is 617. The minimum Gasteiger partial charge on any atom is -0.508 e. The molecule has 0 fully saturated rings. The zero-order valence-electron chi connectivity index (χ0n) is 9.93. The highest BCUT2D eigenvalue weighted by molar-refractivity contribution is 9.10. The minimum atomic E-state index is -0.325. The van der Waals surface area contributed by atoms with Gasteiger partial charge in [-0.3, -0.25) is 4.79 Å². The number of aromatic hydroxyl groups is 1. The summed E-state index contributed by atoms with van der Waals surface area (Å²) < 4.78 is 0.615. The second kappa shape index (κ2) is 5.71. The maximum atomic E-state index is 11.9. The molecule has 0 bridgehead atoms. The fourth-order valence-corrected chi connectivity index (χ4v) is 1.99. The summed E-state index contributed by atoms with van der Waals surface area (Å²) in [5, 5.41) is 12.3. The summed E-state index contributed by atoms with van der Waals surface area (Å²) in [6, 6.07) is 8.16. The van der Waals surface area contributed by atoms with Gasteiger partial charge in [0.25, 0.3) is 5.91 Å². The molecule has 1 heterocycles. The Labute approximate surface area is 118 Å². The molecule has 0 saturated heterocycles. The number of phenolic OH excluding ortho intramolecular Hbond substituents is 1. The smallest absolute Gasteiger partial charge is 0.271 e. The number of aromatic nitrogens is 1. The molecule has 1 aromatic carbocycles. The van der Waals surface area contributed by atoms with Crippen molar-refractivity contribution in [2.75, 3.05) is 5.73 Å². The Hall–Kier alpha value is -2.08. The molecule has 0 saturated carbocycles. The van der Waals surface area contributed by atoms with E-state index in [1.807, 2.05) is 0 Å². The number of nitrogens with one attached hydrogen (secondary N) is 1. The number of carbonyl (C=O) groups excluding carboxylic acids is 1. The summed E-state index contributed by atoms with van der Waals surface area (Å²) in [7, 11) is 0. The van der Waals surface area contributed by atoms with E-state index in [4.69, 9.17) is 5.73 Å². The van der Waals surface area contributed by atoms with E-state index in [0.717, 1.165) is 0 Å². The number of carbonyl (C=O) groups is 1. The Morgan fingerprint density at radius 3 is 2.95 bits per heavy atom. The van der Waals surface area contributed by atoms with Crippen molar-refractivity contribution in [2.45, 2.75) is 6.54 Å². The lowest BCUT2D eigenvalue weighted by Crippen LogP contribution is -2.24. The van der Waals surface area contributed by atoms with Gasteiger partial charge in [-0.05, 0) is 46.3 Å². The average Bonchev–Trinajstić information content (AvgIpc) is 2.40. The molecule has 98 valence electrons. The van der Waals surface area contributed by atoms with Gasteiger partial charge < -0.3 is 16.2 Å². The van der Waals surface area contributed by atoms with Crippen LogP contribution in [0.2, 0.25) is 0 Å². The molecule has 2 rings (SSSR count). The van der Waals surface area contributed by atoms with Crippen LogP contribution < -0.4 is 11.1 Å². The number of nitrogen functional groups attached to an aromatic ring is 1. The first kappa shape index (κ1) is 13.4. The third-order valence-electron chi connectivity index (χ3n) is 2.52. The number of hydrogen-bond acceptors (Lipinski definition) is 4. The molecule has 5 nitrogen and oxygen atoms in total. The monoisotopic (exact) mass is 321 g/mol. The van der Waals surface area contributed by atoms with Crippen molar-refractivity contribution < 1.29 is 9.90 Å². The first-order valence-corrected chi connectivity index (χ1v) is 6.33. The lowest BCUT2D eigenvalue weighted by Gasteiger charge is -2.08. The molecule has 0 aliphatic rings. The normalized spacial score (nSPS) is 10.2. The zero-order chi connectivity index (χ0) is 13.8. The van der Waals surface area contributed by atoms with Crippen LogP contribution in [0.5, 0.6) is 5.75 Å². The van der Waals surface area contributed by atoms with Crippen LogP contribution in [0.1, 0.15) is 16.1 Å². The molecule has 0 unspecified atom stereocenters. The highest BCUT2D eigenvalue weighted by atomic mass is 79.9. The van der Waals surface area contributed by atoms with Gasteiger partial charge in [0.05, 0.1) is 0 Å². The van der Waals surface area contributed by atoms with Crippen LogP contribution in [0.25, 0.3) is 0 Å². The number of benzene rings is 1. The van der Waals surface area contributed by atoms with Crippen molar-refractivity contribution in [2.24, 2.45) is 0 Å². The minimum absolute atomic E-state index is 0.0922. The SMILES string of the molecule is Nc1ccc(O)c(CNC(=O)c2ncccc2Br)c1. The fourth-order valence-electron chi connectivity index (χ4n) is 1.56. The van der Waals surface area contributed by atoms with Gasteiger partial charge in [-0.1, -0.05) is 0 Å². The molecular formula is C13H12BrN3O2. The van der Waals surface area contributed by atoms with Crippen molar-refractivity contribution in [3.63, 3.8) is 0 Å². The molecule has 6 heteroatoms. The third kappa shape index (κ3) is 3.23. The maximum Gasteiger partial charge on any atom is 0.271 e. The van der Waals surface area contributed by atoms with Crippen molar-refractivity contribution in [3.05, 3.63) is 52.3 Å². The standard InChI is InChI=1S/C13H12BrN3O2/c14-10-2-1-5-16-12(10)13(19)17-7-8-6-9(15)3-4-11(8)18/h1-6,18H,7,15H2,(H,17,19). The summed E-state index contributed by atoms with van der Waals surface area (Å²) >= 11 is 3.26. The molecule has 0 aliphatic carbocycles. The predicted octanol–water partition coefficient (Wildman–Crippen LogP) is 2.06. The van der Waals surface area contributed by atoms with Gasteiger partial charge in [0.2, 0.25) is 0 Å². The first-order valence-electron chi connectivity index (χ1n) is 5.54. The van der Waals surface area contributed by atoms with Crippen LogP contribution in [0, 0.1) is 0 Å². The molecule has 0 spiro atoms. The zero-order valence-corrected chi connectivity index (χ0v) is 11.5. The van der Waals surface area contributed by atoms with Gasteiger partial charge in [-0.15, -0.1) is 0 Å². The number of hydrogen-bond donors (Lipinski definition) is 3. The van der Waals surface area contributed by atoms with Crippen LogP contribution in [-0.2, 0) is 6.54 Å². The Kier molecular flexibility index (Phi) is 4.01. The number of anilines is 1. The molecule has 0 aliphatic heterocycles. The van der Waals surface area contributed by atoms with E-state index in [1.165, 1.54) is 12.3 Å². The van der Waals surface area contributed by atoms with Gasteiger partial charge >= 0.3 is 0 Å². The van der Waals surface area contributed by atoms with E-state index in [2.05, 4.69) is 26.2 Å². The van der Waals surface area contributed by atoms with Crippen LogP contribution in [0.4, 0.5) is 5.69 Å². The van der Waals surface area contributed by atoms with E-state index >= 15 is 0 Å². The average molecular weight is 322 g/mol. The number of nitrogens with two attached hydrogens (primary N) is 1. The van der Waals surface area contributed by atoms with Crippen molar-refractivity contribution in [1.29, 1.82) is 0 Å². The second-order valence-electron chi connectivity index (χ2n) is 3.90. The van der Waals surface area contributed by atoms with Gasteiger partial charge in [0.1, 0.15) is 11.4 Å². The molecule has 19 heavy (non-hydrogen) atoms. The first-order chi connectivity index (χ1) is 9.08. The van der Waals surface area contributed by atoms with Crippen LogP contribution in [0.3, 0.4) is 0 Å². The van der Waals surface area contributed by atoms with Crippen molar-refractivity contribution >= 4 is 27.5 Å². The summed E-state index contributed by atoms with van der Waals surface area (Å²) in [6.07, 6.45) is 1.54. The number of phenols is 1.